The van der Waals surface area contributed by atoms with Crippen LogP contribution in [0.3, 0.4) is 0 Å². The van der Waals surface area contributed by atoms with Crippen LogP contribution in [0.1, 0.15) is 19.8 Å². The second-order valence-electron chi connectivity index (χ2n) is 4.58. The molecule has 0 atom stereocenters. The lowest BCUT2D eigenvalue weighted by Crippen LogP contribution is -2.43. The van der Waals surface area contributed by atoms with Crippen molar-refractivity contribution in [2.24, 2.45) is 5.92 Å². The Labute approximate surface area is 106 Å². The van der Waals surface area contributed by atoms with E-state index in [2.05, 4.69) is 11.6 Å². The summed E-state index contributed by atoms with van der Waals surface area (Å²) in [5.41, 5.74) is 5.98. The van der Waals surface area contributed by atoms with Gasteiger partial charge in [0, 0.05) is 11.7 Å². The molecule has 4 nitrogen and oxygen atoms in total. The van der Waals surface area contributed by atoms with Crippen LogP contribution in [0, 0.1) is 5.92 Å². The van der Waals surface area contributed by atoms with Crippen molar-refractivity contribution in [3.63, 3.8) is 0 Å². The molecular weight excluding hydrogens is 260 g/mol. The maximum Gasteiger partial charge on any atom is 0.242 e. The lowest BCUT2D eigenvalue weighted by Gasteiger charge is -2.32. The molecule has 1 aromatic rings. The van der Waals surface area contributed by atoms with Gasteiger partial charge in [0.25, 0.3) is 0 Å². The Kier molecular flexibility index (Phi) is 3.34. The van der Waals surface area contributed by atoms with E-state index >= 15 is 0 Å². The van der Waals surface area contributed by atoms with Gasteiger partial charge in [0.15, 0.2) is 0 Å². The van der Waals surface area contributed by atoms with Gasteiger partial charge < -0.3 is 5.73 Å². The van der Waals surface area contributed by atoms with Crippen molar-refractivity contribution in [1.29, 1.82) is 0 Å². The van der Waals surface area contributed by atoms with E-state index in [4.69, 9.17) is 17.3 Å². The molecule has 1 saturated carbocycles. The third-order valence-corrected chi connectivity index (χ3v) is 4.94. The molecule has 3 N–H and O–H groups in total. The van der Waals surface area contributed by atoms with E-state index in [1.54, 1.807) is 0 Å². The number of anilines is 1. The molecule has 94 valence electrons. The minimum Gasteiger partial charge on any atom is -0.399 e. The Balaban J connectivity index is 2.20. The topological polar surface area (TPSA) is 72.2 Å². The number of sulfonamides is 1. The molecule has 1 aliphatic carbocycles. The number of nitrogens with two attached hydrogens (primary N) is 1. The van der Waals surface area contributed by atoms with Crippen LogP contribution >= 0.6 is 11.6 Å². The van der Waals surface area contributed by atoms with Crippen molar-refractivity contribution in [1.82, 2.24) is 4.72 Å². The van der Waals surface area contributed by atoms with Crippen LogP contribution in [0.2, 0.25) is 5.02 Å². The van der Waals surface area contributed by atoms with Crippen molar-refractivity contribution in [2.45, 2.75) is 30.7 Å². The van der Waals surface area contributed by atoms with Crippen molar-refractivity contribution < 1.29 is 8.42 Å². The Morgan fingerprint density at radius 2 is 2.06 bits per heavy atom. The maximum atomic E-state index is 12.0. The molecule has 6 heteroatoms. The molecular formula is C11H15ClN2O2S. The smallest absolute Gasteiger partial charge is 0.242 e. The quantitative estimate of drug-likeness (QED) is 0.828. The molecule has 1 aromatic carbocycles. The second-order valence-corrected chi connectivity index (χ2v) is 6.67. The van der Waals surface area contributed by atoms with Crippen LogP contribution in [-0.2, 0) is 10.0 Å². The Hall–Kier alpha value is -0.780. The van der Waals surface area contributed by atoms with Crippen LogP contribution < -0.4 is 10.5 Å². The molecule has 0 bridgehead atoms. The molecule has 0 radical (unpaired) electrons. The summed E-state index contributed by atoms with van der Waals surface area (Å²) in [4.78, 5) is 0.0907. The SMILES string of the molecule is CC1CC(NS(=O)(=O)c2ccc(N)cc2Cl)C1. The zero-order valence-electron chi connectivity index (χ0n) is 9.48. The average molecular weight is 275 g/mol. The van der Waals surface area contributed by atoms with Gasteiger partial charge in [-0.2, -0.15) is 0 Å². The fraction of sp³-hybridized carbons (Fsp3) is 0.455. The molecule has 0 spiro atoms. The molecule has 0 aliphatic heterocycles. The number of hydrogen-bond donors (Lipinski definition) is 2. The molecule has 1 aliphatic rings. The van der Waals surface area contributed by atoms with Crippen molar-refractivity contribution in [2.75, 3.05) is 5.73 Å². The van der Waals surface area contributed by atoms with E-state index in [1.165, 1.54) is 18.2 Å². The van der Waals surface area contributed by atoms with Crippen LogP contribution in [0.4, 0.5) is 5.69 Å². The lowest BCUT2D eigenvalue weighted by atomic mass is 9.83. The van der Waals surface area contributed by atoms with Crippen molar-refractivity contribution in [3.05, 3.63) is 23.2 Å². The summed E-state index contributed by atoms with van der Waals surface area (Å²) in [6.45, 7) is 2.10. The number of nitrogens with one attached hydrogen (secondary N) is 1. The third kappa shape index (κ3) is 2.73. The summed E-state index contributed by atoms with van der Waals surface area (Å²) >= 11 is 5.89. The first-order valence-electron chi connectivity index (χ1n) is 5.46. The normalized spacial score (nSPS) is 24.4. The average Bonchev–Trinajstić information content (AvgIpc) is 2.14. The fourth-order valence-electron chi connectivity index (χ4n) is 2.02. The van der Waals surface area contributed by atoms with Gasteiger partial charge in [-0.3, -0.25) is 0 Å². The summed E-state index contributed by atoms with van der Waals surface area (Å²) < 4.78 is 26.7. The summed E-state index contributed by atoms with van der Waals surface area (Å²) in [7, 11) is -3.53. The highest BCUT2D eigenvalue weighted by molar-refractivity contribution is 7.89. The van der Waals surface area contributed by atoms with Gasteiger partial charge in [0.1, 0.15) is 4.90 Å². The molecule has 0 heterocycles. The Morgan fingerprint density at radius 1 is 1.41 bits per heavy atom. The minimum absolute atomic E-state index is 0.0311. The van der Waals surface area contributed by atoms with Crippen LogP contribution in [0.25, 0.3) is 0 Å². The Morgan fingerprint density at radius 3 is 2.59 bits per heavy atom. The van der Waals surface area contributed by atoms with E-state index in [1.807, 2.05) is 0 Å². The summed E-state index contributed by atoms with van der Waals surface area (Å²) in [5, 5.41) is 0.157. The standard InChI is InChI=1S/C11H15ClN2O2S/c1-7-4-9(5-7)14-17(15,16)11-3-2-8(13)6-10(11)12/h2-3,6-7,9,14H,4-5,13H2,1H3. The van der Waals surface area contributed by atoms with E-state index in [0.717, 1.165) is 12.8 Å². The fourth-order valence-corrected chi connectivity index (χ4v) is 3.83. The van der Waals surface area contributed by atoms with E-state index < -0.39 is 10.0 Å². The summed E-state index contributed by atoms with van der Waals surface area (Å²) in [5.74, 6) is 0.588. The van der Waals surface area contributed by atoms with Gasteiger partial charge in [-0.15, -0.1) is 0 Å². The van der Waals surface area contributed by atoms with Gasteiger partial charge >= 0.3 is 0 Å². The first kappa shape index (κ1) is 12.7. The first-order valence-corrected chi connectivity index (χ1v) is 7.32. The summed E-state index contributed by atoms with van der Waals surface area (Å²) in [6.07, 6.45) is 1.76. The van der Waals surface area contributed by atoms with Crippen molar-refractivity contribution >= 4 is 27.3 Å². The predicted molar refractivity (Wildman–Crippen MR) is 68.4 cm³/mol. The number of hydrogen-bond acceptors (Lipinski definition) is 3. The number of nitrogen functional groups attached to an aromatic ring is 1. The largest absolute Gasteiger partial charge is 0.399 e. The highest BCUT2D eigenvalue weighted by Gasteiger charge is 2.30. The van der Waals surface area contributed by atoms with Crippen LogP contribution in [0.5, 0.6) is 0 Å². The first-order chi connectivity index (χ1) is 7.88. The van der Waals surface area contributed by atoms with Gasteiger partial charge in [-0.1, -0.05) is 18.5 Å². The monoisotopic (exact) mass is 274 g/mol. The zero-order chi connectivity index (χ0) is 12.6. The number of halogens is 1. The van der Waals surface area contributed by atoms with Crippen LogP contribution in [-0.4, -0.2) is 14.5 Å². The van der Waals surface area contributed by atoms with Gasteiger partial charge in [0.05, 0.1) is 5.02 Å². The second kappa shape index (κ2) is 4.48. The molecule has 0 saturated heterocycles. The summed E-state index contributed by atoms with van der Waals surface area (Å²) in [6, 6.07) is 4.44. The number of benzene rings is 1. The molecule has 0 unspecified atom stereocenters. The third-order valence-electron chi connectivity index (χ3n) is 2.94. The predicted octanol–water partition coefficient (Wildman–Crippen LogP) is 2.00. The highest BCUT2D eigenvalue weighted by Crippen LogP contribution is 2.29. The van der Waals surface area contributed by atoms with Crippen LogP contribution in [0.15, 0.2) is 23.1 Å². The van der Waals surface area contributed by atoms with E-state index in [0.29, 0.717) is 11.6 Å². The van der Waals surface area contributed by atoms with Crippen molar-refractivity contribution in [3.8, 4) is 0 Å². The molecule has 17 heavy (non-hydrogen) atoms. The van der Waals surface area contributed by atoms with Gasteiger partial charge in [-0.25, -0.2) is 13.1 Å². The molecule has 2 rings (SSSR count). The highest BCUT2D eigenvalue weighted by atomic mass is 35.5. The maximum absolute atomic E-state index is 12.0. The van der Waals surface area contributed by atoms with Gasteiger partial charge in [-0.05, 0) is 37.0 Å². The number of rotatable bonds is 3. The lowest BCUT2D eigenvalue weighted by molar-refractivity contribution is 0.270. The van der Waals surface area contributed by atoms with E-state index in [9.17, 15) is 8.42 Å². The van der Waals surface area contributed by atoms with E-state index in [-0.39, 0.29) is 16.0 Å². The Bertz CT molecular complexity index is 524. The van der Waals surface area contributed by atoms with Gasteiger partial charge in [0.2, 0.25) is 10.0 Å². The molecule has 1 fully saturated rings. The minimum atomic E-state index is -3.53. The zero-order valence-corrected chi connectivity index (χ0v) is 11.1. The molecule has 0 aromatic heterocycles. The molecule has 0 amide bonds.